The number of amides is 2. The van der Waals surface area contributed by atoms with Crippen molar-refractivity contribution in [2.75, 3.05) is 23.4 Å². The maximum absolute atomic E-state index is 11.7. The molecule has 1 aliphatic rings. The van der Waals surface area contributed by atoms with Crippen LogP contribution < -0.4 is 10.6 Å². The number of hydrogen-bond donors (Lipinski definition) is 2. The van der Waals surface area contributed by atoms with E-state index in [-0.39, 0.29) is 23.5 Å². The van der Waals surface area contributed by atoms with Crippen molar-refractivity contribution in [2.45, 2.75) is 13.3 Å². The van der Waals surface area contributed by atoms with Crippen LogP contribution in [0.1, 0.15) is 12.1 Å². The highest BCUT2D eigenvalue weighted by atomic mass is 32.2. The molecule has 2 N–H and O–H groups in total. The Labute approximate surface area is 112 Å². The highest BCUT2D eigenvalue weighted by Crippen LogP contribution is 2.17. The molecule has 2 rings (SSSR count). The van der Waals surface area contributed by atoms with Gasteiger partial charge in [0.25, 0.3) is 0 Å². The molecule has 1 aromatic rings. The molecule has 2 heterocycles. The largest absolute Gasteiger partial charge is 0.338 e. The monoisotopic (exact) mass is 286 g/mol. The van der Waals surface area contributed by atoms with Crippen molar-refractivity contribution >= 4 is 21.7 Å². The number of aryl methyl sites for hydroxylation is 2. The van der Waals surface area contributed by atoms with E-state index in [0.29, 0.717) is 18.8 Å². The molecule has 0 saturated carbocycles. The molecule has 1 fully saturated rings. The molecule has 7 nitrogen and oxygen atoms in total. The van der Waals surface area contributed by atoms with Crippen LogP contribution in [0.15, 0.2) is 6.07 Å². The molecule has 0 spiro atoms. The Kier molecular flexibility index (Phi) is 3.79. The van der Waals surface area contributed by atoms with E-state index in [1.165, 1.54) is 0 Å². The maximum atomic E-state index is 11.7. The van der Waals surface area contributed by atoms with Gasteiger partial charge in [-0.3, -0.25) is 10.00 Å². The zero-order valence-corrected chi connectivity index (χ0v) is 11.8. The van der Waals surface area contributed by atoms with Crippen LogP contribution in [0, 0.1) is 12.8 Å². The van der Waals surface area contributed by atoms with Gasteiger partial charge in [-0.25, -0.2) is 13.2 Å². The molecule has 1 aromatic heterocycles. The second kappa shape index (κ2) is 5.20. The summed E-state index contributed by atoms with van der Waals surface area (Å²) in [5.74, 6) is 1.01. The molecule has 8 heteroatoms. The molecule has 1 saturated heterocycles. The first kappa shape index (κ1) is 13.9. The highest BCUT2D eigenvalue weighted by Gasteiger charge is 2.27. The first-order valence-corrected chi connectivity index (χ1v) is 7.94. The number of rotatable bonds is 3. The Morgan fingerprint density at radius 1 is 1.58 bits per heavy atom. The SMILES string of the molecule is Cc1cc(NC(=O)NC[C@H]2CCS(=O)(=O)C2)n(C)n1. The lowest BCUT2D eigenvalue weighted by atomic mass is 10.1. The van der Waals surface area contributed by atoms with Crippen molar-refractivity contribution in [3.05, 3.63) is 11.8 Å². The van der Waals surface area contributed by atoms with Gasteiger partial charge in [-0.2, -0.15) is 5.10 Å². The van der Waals surface area contributed by atoms with E-state index in [9.17, 15) is 13.2 Å². The van der Waals surface area contributed by atoms with E-state index in [1.807, 2.05) is 6.92 Å². The number of hydrogen-bond acceptors (Lipinski definition) is 4. The molecule has 2 amide bonds. The van der Waals surface area contributed by atoms with Gasteiger partial charge in [-0.1, -0.05) is 0 Å². The van der Waals surface area contributed by atoms with Crippen molar-refractivity contribution in [2.24, 2.45) is 13.0 Å². The maximum Gasteiger partial charge on any atom is 0.320 e. The van der Waals surface area contributed by atoms with Crippen LogP contribution in [0.2, 0.25) is 0 Å². The summed E-state index contributed by atoms with van der Waals surface area (Å²) in [5, 5.41) is 9.48. The van der Waals surface area contributed by atoms with E-state index in [4.69, 9.17) is 0 Å². The molecule has 0 radical (unpaired) electrons. The van der Waals surface area contributed by atoms with E-state index in [0.717, 1.165) is 5.69 Å². The second-order valence-electron chi connectivity index (χ2n) is 4.90. The fraction of sp³-hybridized carbons (Fsp3) is 0.636. The smallest absolute Gasteiger partial charge is 0.320 e. The van der Waals surface area contributed by atoms with Gasteiger partial charge in [0.15, 0.2) is 9.84 Å². The second-order valence-corrected chi connectivity index (χ2v) is 7.13. The number of anilines is 1. The fourth-order valence-corrected chi connectivity index (χ4v) is 4.02. The summed E-state index contributed by atoms with van der Waals surface area (Å²) in [5.41, 5.74) is 0.819. The Balaban J connectivity index is 1.81. The number of nitrogens with zero attached hydrogens (tertiary/aromatic N) is 2. The highest BCUT2D eigenvalue weighted by molar-refractivity contribution is 7.91. The minimum absolute atomic E-state index is 0.0176. The summed E-state index contributed by atoms with van der Waals surface area (Å²) < 4.78 is 24.1. The summed E-state index contributed by atoms with van der Waals surface area (Å²) >= 11 is 0. The number of carbonyl (C=O) groups excluding carboxylic acids is 1. The van der Waals surface area contributed by atoms with Gasteiger partial charge in [0.1, 0.15) is 5.82 Å². The average molecular weight is 286 g/mol. The van der Waals surface area contributed by atoms with Crippen LogP contribution in [0.5, 0.6) is 0 Å². The van der Waals surface area contributed by atoms with Crippen molar-refractivity contribution in [3.63, 3.8) is 0 Å². The average Bonchev–Trinajstić information content (AvgIpc) is 2.79. The summed E-state index contributed by atoms with van der Waals surface area (Å²) in [7, 11) is -1.15. The van der Waals surface area contributed by atoms with Crippen molar-refractivity contribution < 1.29 is 13.2 Å². The topological polar surface area (TPSA) is 93.1 Å². The van der Waals surface area contributed by atoms with Crippen LogP contribution in [0.25, 0.3) is 0 Å². The van der Waals surface area contributed by atoms with Gasteiger partial charge in [-0.05, 0) is 19.3 Å². The third-order valence-corrected chi connectivity index (χ3v) is 4.96. The lowest BCUT2D eigenvalue weighted by molar-refractivity contribution is 0.250. The van der Waals surface area contributed by atoms with Crippen LogP contribution in [-0.4, -0.2) is 42.3 Å². The molecule has 0 bridgehead atoms. The zero-order chi connectivity index (χ0) is 14.0. The Bertz CT molecular complexity index is 579. The standard InChI is InChI=1S/C11H18N4O3S/c1-8-5-10(15(2)14-8)13-11(16)12-6-9-3-4-19(17,18)7-9/h5,9H,3-4,6-7H2,1-2H3,(H2,12,13,16)/t9-/m1/s1. The molecule has 1 aliphatic heterocycles. The van der Waals surface area contributed by atoms with E-state index < -0.39 is 9.84 Å². The molecule has 106 valence electrons. The molecule has 19 heavy (non-hydrogen) atoms. The van der Waals surface area contributed by atoms with Crippen LogP contribution in [0.3, 0.4) is 0 Å². The molecule has 0 aromatic carbocycles. The van der Waals surface area contributed by atoms with Gasteiger partial charge in [0, 0.05) is 19.7 Å². The van der Waals surface area contributed by atoms with Crippen LogP contribution >= 0.6 is 0 Å². The summed E-state index contributed by atoms with van der Waals surface area (Å²) in [4.78, 5) is 11.7. The van der Waals surface area contributed by atoms with E-state index in [2.05, 4.69) is 15.7 Å². The third kappa shape index (κ3) is 3.69. The fourth-order valence-electron chi connectivity index (χ4n) is 2.16. The van der Waals surface area contributed by atoms with E-state index in [1.54, 1.807) is 17.8 Å². The van der Waals surface area contributed by atoms with E-state index >= 15 is 0 Å². The molecule has 1 atom stereocenters. The number of nitrogens with one attached hydrogen (secondary N) is 2. The van der Waals surface area contributed by atoms with Gasteiger partial charge >= 0.3 is 6.03 Å². The summed E-state index contributed by atoms with van der Waals surface area (Å²) in [6.45, 7) is 2.22. The number of urea groups is 1. The molecular weight excluding hydrogens is 268 g/mol. The minimum atomic E-state index is -2.89. The lowest BCUT2D eigenvalue weighted by Gasteiger charge is -2.10. The first-order valence-electron chi connectivity index (χ1n) is 6.11. The van der Waals surface area contributed by atoms with Crippen LogP contribution in [0.4, 0.5) is 10.6 Å². The Morgan fingerprint density at radius 3 is 2.84 bits per heavy atom. The Morgan fingerprint density at radius 2 is 2.32 bits per heavy atom. The minimum Gasteiger partial charge on any atom is -0.338 e. The van der Waals surface area contributed by atoms with Crippen molar-refractivity contribution in [1.82, 2.24) is 15.1 Å². The normalized spacial score (nSPS) is 21.3. The summed E-state index contributed by atoms with van der Waals surface area (Å²) in [6, 6.07) is 1.42. The van der Waals surface area contributed by atoms with Crippen molar-refractivity contribution in [3.8, 4) is 0 Å². The first-order chi connectivity index (χ1) is 8.85. The molecular formula is C11H18N4O3S. The predicted octanol–water partition coefficient (Wildman–Crippen LogP) is 0.285. The van der Waals surface area contributed by atoms with Gasteiger partial charge in [-0.15, -0.1) is 0 Å². The predicted molar refractivity (Wildman–Crippen MR) is 71.7 cm³/mol. The van der Waals surface area contributed by atoms with Gasteiger partial charge < -0.3 is 5.32 Å². The lowest BCUT2D eigenvalue weighted by Crippen LogP contribution is -2.34. The third-order valence-electron chi connectivity index (χ3n) is 3.12. The number of carbonyl (C=O) groups is 1. The summed E-state index contributed by atoms with van der Waals surface area (Å²) in [6.07, 6.45) is 0.618. The quantitative estimate of drug-likeness (QED) is 0.835. The Hall–Kier alpha value is -1.57. The molecule has 0 unspecified atom stereocenters. The number of aromatic nitrogens is 2. The van der Waals surface area contributed by atoms with Crippen LogP contribution in [-0.2, 0) is 16.9 Å². The number of sulfone groups is 1. The van der Waals surface area contributed by atoms with Crippen molar-refractivity contribution in [1.29, 1.82) is 0 Å². The van der Waals surface area contributed by atoms with Gasteiger partial charge in [0.2, 0.25) is 0 Å². The van der Waals surface area contributed by atoms with Gasteiger partial charge in [0.05, 0.1) is 17.2 Å². The zero-order valence-electron chi connectivity index (χ0n) is 11.0. The molecule has 0 aliphatic carbocycles.